The van der Waals surface area contributed by atoms with E-state index in [4.69, 9.17) is 0 Å². The van der Waals surface area contributed by atoms with Crippen molar-refractivity contribution < 1.29 is 44.4 Å². The molecule has 16 heteroatoms. The van der Waals surface area contributed by atoms with E-state index < -0.39 is 22.4 Å². The molecule has 702 valence electrons. The highest BCUT2D eigenvalue weighted by atomic mass is 16.3. The highest BCUT2D eigenvalue weighted by molar-refractivity contribution is 5.86. The number of amides is 1. The summed E-state index contributed by atoms with van der Waals surface area (Å²) in [5.41, 5.74) is -0.782. The van der Waals surface area contributed by atoms with E-state index in [9.17, 15) is 44.4 Å². The normalized spacial score (nSPS) is 48.5. The summed E-state index contributed by atoms with van der Waals surface area (Å²) in [5, 5.41) is 42.4. The predicted octanol–water partition coefficient (Wildman–Crippen LogP) is 17.5. The standard InChI is InChI=1S/C28H48N2O2.C27H44N2O3.C27H45NO2.C26H44N2O2/c1-4-13-29-14-16-30(17-15-29)19-26(31)25-8-7-24-23-6-5-20-18-27(2,32)11-9-21(20)22(23)10-12-28(24,25)3;1-18(30)29-14-12-28(13-15-29)17-25(31)24-7-6-23-22-5-4-19-16-26(2,32)10-8-20(19)21(22)9-11-27(23,24)3;1-18-10-14-28(15-11-18)17-25(29)24-7-6-23-22-5-4-19-16-26(2,30)12-8-20(19)21(22)9-13-27(23,24)3;1-25(30)10-8-19-18(16-25)4-5-21-20(19)9-11-26(2)22(21)6-7-23(26)24(29)17-28-14-12-27(3)13-15-28/h20-25,32H,4-19H2,1-3H3;19-24,32H,4-17H2,1-3H3;18-24,30H,4-17H2,1-3H3;18-23,30H,4-17H2,1-3H3/t20-,21+,22-,23-,24+,25-,27-,28+;19-,20-,21+,22+,23-,24+,26+,27-;19-,20+,21-,22-,23+,24-,26-,27+;18-,19+,20-,21-,22+,23-,25-,26+/m1011/s1. The number of carbonyl (C=O) groups excluding carboxylic acids is 5. The first-order valence-corrected chi connectivity index (χ1v) is 53.6. The van der Waals surface area contributed by atoms with Crippen LogP contribution < -0.4 is 0 Å². The number of hydrogen-bond acceptors (Lipinski definition) is 15. The lowest BCUT2D eigenvalue weighted by molar-refractivity contribution is -0.135. The zero-order valence-corrected chi connectivity index (χ0v) is 80.9. The molecule has 0 radical (unpaired) electrons. The van der Waals surface area contributed by atoms with Gasteiger partial charge in [0.05, 0.1) is 48.6 Å². The smallest absolute Gasteiger partial charge is 0.219 e. The van der Waals surface area contributed by atoms with Crippen LogP contribution in [0.1, 0.15) is 327 Å². The first kappa shape index (κ1) is 93.6. The zero-order chi connectivity index (χ0) is 87.4. The van der Waals surface area contributed by atoms with Crippen molar-refractivity contribution in [3.8, 4) is 0 Å². The molecule has 0 aromatic rings. The molecule has 0 aromatic carbocycles. The van der Waals surface area contributed by atoms with Gasteiger partial charge in [-0.3, -0.25) is 43.6 Å². The summed E-state index contributed by atoms with van der Waals surface area (Å²) in [6, 6.07) is 0. The molecule has 32 atom stereocenters. The average molecular weight is 1720 g/mol. The highest BCUT2D eigenvalue weighted by Crippen LogP contribution is 2.70. The van der Waals surface area contributed by atoms with Crippen LogP contribution >= 0.6 is 0 Å². The maximum atomic E-state index is 13.6. The second kappa shape index (κ2) is 37.5. The van der Waals surface area contributed by atoms with Crippen LogP contribution in [0.3, 0.4) is 0 Å². The van der Waals surface area contributed by atoms with E-state index in [2.05, 4.69) is 98.8 Å². The van der Waals surface area contributed by atoms with Gasteiger partial charge in [-0.2, -0.15) is 0 Å². The molecule has 20 aliphatic rings. The van der Waals surface area contributed by atoms with Gasteiger partial charge in [-0.05, 0) is 451 Å². The lowest BCUT2D eigenvalue weighted by Crippen LogP contribution is -2.52. The topological polar surface area (TPSA) is 189 Å². The molecule has 0 aromatic heterocycles. The van der Waals surface area contributed by atoms with Gasteiger partial charge in [0.1, 0.15) is 23.1 Å². The number of piperazine rings is 3. The third-order valence-corrected chi connectivity index (χ3v) is 43.3. The molecule has 20 fully saturated rings. The number of fused-ring (bicyclic) bond motifs is 20. The Labute approximate surface area is 753 Å². The van der Waals surface area contributed by atoms with Gasteiger partial charge in [0.2, 0.25) is 5.91 Å². The minimum absolute atomic E-state index is 0.148. The Hall–Kier alpha value is -2.25. The van der Waals surface area contributed by atoms with E-state index in [1.165, 1.54) is 180 Å². The van der Waals surface area contributed by atoms with Crippen molar-refractivity contribution in [2.24, 2.45) is 170 Å². The van der Waals surface area contributed by atoms with Crippen LogP contribution in [0.15, 0.2) is 0 Å². The van der Waals surface area contributed by atoms with E-state index >= 15 is 0 Å². The van der Waals surface area contributed by atoms with Crippen molar-refractivity contribution in [2.75, 3.05) is 131 Å². The Morgan fingerprint density at radius 3 is 0.806 bits per heavy atom. The van der Waals surface area contributed by atoms with Gasteiger partial charge in [-0.25, -0.2) is 0 Å². The van der Waals surface area contributed by atoms with Gasteiger partial charge in [-0.1, -0.05) is 41.5 Å². The van der Waals surface area contributed by atoms with Crippen molar-refractivity contribution in [1.29, 1.82) is 0 Å². The van der Waals surface area contributed by atoms with Crippen LogP contribution in [0.4, 0.5) is 0 Å². The van der Waals surface area contributed by atoms with Crippen LogP contribution in [-0.2, 0) is 24.0 Å². The first-order chi connectivity index (χ1) is 59.0. The number of carbonyl (C=O) groups is 5. The van der Waals surface area contributed by atoms with Crippen LogP contribution in [-0.4, -0.2) is 238 Å². The summed E-state index contributed by atoms with van der Waals surface area (Å²) >= 11 is 0. The summed E-state index contributed by atoms with van der Waals surface area (Å²) in [6.07, 6.45) is 47.2. The lowest BCUT2D eigenvalue weighted by Gasteiger charge is -2.57. The van der Waals surface area contributed by atoms with Crippen molar-refractivity contribution in [2.45, 2.75) is 349 Å². The summed E-state index contributed by atoms with van der Waals surface area (Å²) in [5.74, 6) is 20.3. The van der Waals surface area contributed by atoms with Crippen LogP contribution in [0.5, 0.6) is 0 Å². The molecule has 4 aliphatic heterocycles. The summed E-state index contributed by atoms with van der Waals surface area (Å²) < 4.78 is 0. The number of ketones is 4. The zero-order valence-electron chi connectivity index (χ0n) is 80.9. The third kappa shape index (κ3) is 19.2. The van der Waals surface area contributed by atoms with Gasteiger partial charge in [0.15, 0.2) is 0 Å². The van der Waals surface area contributed by atoms with Crippen molar-refractivity contribution in [3.63, 3.8) is 0 Å². The quantitative estimate of drug-likeness (QED) is 0.128. The number of likely N-dealkylation sites (tertiary alicyclic amines) is 1. The largest absolute Gasteiger partial charge is 0.390 e. The van der Waals surface area contributed by atoms with Crippen LogP contribution in [0.25, 0.3) is 0 Å². The SMILES string of the molecule is CC(=O)N1CCN(CC(=O)[C@H]2CC[C@H]3[C@@H]4CC[C@H]5C[C@](C)(O)CC[C@@H]5[C@H]4CC[C@]23C)CC1.CC1CCN(CC(=O)[C@H]2CC[C@H]3[C@@H]4CC[C@@H]5C[C@](C)(O)CC[C@@H]5[C@H]4CC[C@]23C)CC1.CCCN1CCN(CC(=O)[C@H]2CC[C@H]3[C@@H]4CC[C@@H]5C[C@](C)(O)CC[C@@H]5[C@H]4CC[C@]23C)CC1.CN1CCN(CC(=O)[C@H]2CC[C@H]3[C@@H]4CC[C@@H]5C[C@](C)(O)CC[C@@H]5[C@H]4CC[C@]23C)CC1. The number of likely N-dealkylation sites (N-methyl/N-ethyl adjacent to an activating group) is 1. The molecule has 0 spiro atoms. The van der Waals surface area contributed by atoms with Gasteiger partial charge in [0.25, 0.3) is 0 Å². The molecule has 0 unspecified atom stereocenters. The fraction of sp³-hybridized carbons (Fsp3) is 0.954. The fourth-order valence-corrected chi connectivity index (χ4v) is 36.7. The average Bonchev–Trinajstić information content (AvgIpc) is 1.53. The number of Topliss-reactive ketones (excluding diaryl/α,β-unsaturated/α-hetero) is 4. The molecule has 20 rings (SSSR count). The lowest BCUT2D eigenvalue weighted by atomic mass is 9.49. The molecular weight excluding hydrogens is 1540 g/mol. The molecular formula is C108H181N7O9. The fourth-order valence-electron chi connectivity index (χ4n) is 36.7. The van der Waals surface area contributed by atoms with E-state index in [0.29, 0.717) is 73.0 Å². The molecule has 4 N–H and O–H groups in total. The summed E-state index contributed by atoms with van der Waals surface area (Å²) in [4.78, 5) is 81.9. The summed E-state index contributed by atoms with van der Waals surface area (Å²) in [7, 11) is 2.18. The summed E-state index contributed by atoms with van der Waals surface area (Å²) in [6.45, 7) is 42.4. The Morgan fingerprint density at radius 2 is 0.532 bits per heavy atom. The maximum Gasteiger partial charge on any atom is 0.219 e. The Kier molecular flexibility index (Phi) is 28.3. The second-order valence-electron chi connectivity index (χ2n) is 50.7. The first-order valence-electron chi connectivity index (χ1n) is 53.6. The Morgan fingerprint density at radius 1 is 0.282 bits per heavy atom. The molecule has 16 saturated carbocycles. The van der Waals surface area contributed by atoms with Gasteiger partial charge in [0, 0.05) is 109 Å². The van der Waals surface area contributed by atoms with E-state index in [-0.39, 0.29) is 33.5 Å². The third-order valence-electron chi connectivity index (χ3n) is 43.3. The number of nitrogens with zero attached hydrogens (tertiary/aromatic N) is 7. The monoisotopic (exact) mass is 1720 g/mol. The Balaban J connectivity index is 0.000000117. The van der Waals surface area contributed by atoms with Crippen LogP contribution in [0.2, 0.25) is 0 Å². The van der Waals surface area contributed by atoms with E-state index in [0.717, 1.165) is 287 Å². The molecule has 1 amide bonds. The number of piperidine rings is 1. The van der Waals surface area contributed by atoms with Gasteiger partial charge in [-0.15, -0.1) is 0 Å². The Bertz CT molecular complexity index is 3550. The molecule has 124 heavy (non-hydrogen) atoms. The predicted molar refractivity (Wildman–Crippen MR) is 496 cm³/mol. The molecule has 16 nitrogen and oxygen atoms in total. The number of hydrogen-bond donors (Lipinski definition) is 4. The molecule has 0 bridgehead atoms. The maximum absolute atomic E-state index is 13.6. The van der Waals surface area contributed by atoms with Gasteiger partial charge < -0.3 is 35.1 Å². The number of aliphatic hydroxyl groups is 4. The van der Waals surface area contributed by atoms with E-state index in [1.54, 1.807) is 6.92 Å². The highest BCUT2D eigenvalue weighted by Gasteiger charge is 2.65. The minimum Gasteiger partial charge on any atom is -0.390 e. The molecule has 4 heterocycles. The van der Waals surface area contributed by atoms with Crippen LogP contribution in [0, 0.1) is 170 Å². The molecule has 16 aliphatic carbocycles. The second-order valence-corrected chi connectivity index (χ2v) is 50.7. The number of rotatable bonds is 14. The minimum atomic E-state index is -0.446. The van der Waals surface area contributed by atoms with Crippen molar-refractivity contribution in [1.82, 2.24) is 34.3 Å². The molecule has 4 saturated heterocycles. The van der Waals surface area contributed by atoms with Crippen molar-refractivity contribution in [3.05, 3.63) is 0 Å². The van der Waals surface area contributed by atoms with Gasteiger partial charge >= 0.3 is 0 Å². The van der Waals surface area contributed by atoms with Crippen molar-refractivity contribution >= 4 is 29.0 Å². The van der Waals surface area contributed by atoms with E-state index in [1.807, 2.05) is 11.8 Å².